The van der Waals surface area contributed by atoms with E-state index in [0.29, 0.717) is 34.5 Å². The molecule has 3 aliphatic rings. The van der Waals surface area contributed by atoms with E-state index in [0.717, 1.165) is 123 Å². The Kier molecular flexibility index (Phi) is 21.6. The average molecular weight is 1120 g/mol. The van der Waals surface area contributed by atoms with Gasteiger partial charge >= 0.3 is 0 Å². The summed E-state index contributed by atoms with van der Waals surface area (Å²) in [6.07, 6.45) is 12.9. The number of piperazine rings is 1. The molecule has 3 saturated heterocycles. The molecule has 0 spiro atoms. The molecular weight excluding hydrogens is 1030 g/mol. The molecule has 3 fully saturated rings. The van der Waals surface area contributed by atoms with Crippen LogP contribution in [0.4, 0.5) is 17.3 Å². The van der Waals surface area contributed by atoms with Crippen LogP contribution in [0.15, 0.2) is 64.1 Å². The number of carbonyl (C=O) groups excluding carboxylic acids is 4. The number of unbranched alkanes of at least 4 members (excludes halogenated alkanes) is 8. The fraction of sp³-hybridized carbons (Fsp3) is 0.596. The molecule has 20 heteroatoms. The highest BCUT2D eigenvalue weighted by molar-refractivity contribution is 7.99. The van der Waals surface area contributed by atoms with Crippen molar-refractivity contribution in [3.8, 4) is 10.4 Å². The number of piperidine rings is 1. The van der Waals surface area contributed by atoms with E-state index in [2.05, 4.69) is 52.5 Å². The van der Waals surface area contributed by atoms with E-state index < -0.39 is 23.6 Å². The number of benzene rings is 2. The Morgan fingerprint density at radius 2 is 1.53 bits per heavy atom. The molecule has 77 heavy (non-hydrogen) atoms. The summed E-state index contributed by atoms with van der Waals surface area (Å²) in [6.45, 7) is 18.2. The van der Waals surface area contributed by atoms with Crippen LogP contribution in [0.1, 0.15) is 135 Å². The lowest BCUT2D eigenvalue weighted by molar-refractivity contribution is -0.144. The summed E-state index contributed by atoms with van der Waals surface area (Å²) < 4.78 is 0. The highest BCUT2D eigenvalue weighted by Crippen LogP contribution is 2.39. The number of amides is 4. The number of aliphatic hydroxyl groups is 1. The van der Waals surface area contributed by atoms with Gasteiger partial charge in [-0.2, -0.15) is 0 Å². The Bertz CT molecular complexity index is 2600. The quantitative estimate of drug-likeness (QED) is 0.0362. The molecule has 4 amide bonds. The Labute approximate surface area is 469 Å². The highest BCUT2D eigenvalue weighted by Gasteiger charge is 2.45. The van der Waals surface area contributed by atoms with Crippen molar-refractivity contribution in [2.24, 2.45) is 11.1 Å². The minimum atomic E-state index is -0.844. The van der Waals surface area contributed by atoms with E-state index in [-0.39, 0.29) is 48.2 Å². The summed E-state index contributed by atoms with van der Waals surface area (Å²) in [6, 6.07) is 11.6. The Morgan fingerprint density at radius 1 is 0.883 bits per heavy atom. The molecule has 2 aromatic carbocycles. The van der Waals surface area contributed by atoms with Gasteiger partial charge in [0.05, 0.1) is 51.7 Å². The zero-order valence-electron chi connectivity index (χ0n) is 46.1. The number of nitrogens with two attached hydrogens (primary N) is 2. The fourth-order valence-corrected chi connectivity index (χ4v) is 12.2. The van der Waals surface area contributed by atoms with Gasteiger partial charge < -0.3 is 47.2 Å². The van der Waals surface area contributed by atoms with Crippen LogP contribution in [0.2, 0.25) is 5.02 Å². The molecule has 4 atom stereocenters. The topological polar surface area (TPSA) is 228 Å². The van der Waals surface area contributed by atoms with Crippen molar-refractivity contribution in [1.29, 1.82) is 0 Å². The van der Waals surface area contributed by atoms with Crippen molar-refractivity contribution in [2.45, 2.75) is 165 Å². The van der Waals surface area contributed by atoms with E-state index in [9.17, 15) is 24.3 Å². The summed E-state index contributed by atoms with van der Waals surface area (Å²) in [5, 5.41) is 20.7. The number of hydrogen-bond acceptors (Lipinski definition) is 15. The number of anilines is 3. The first-order valence-corrected chi connectivity index (χ1v) is 29.8. The maximum absolute atomic E-state index is 14.1. The lowest BCUT2D eigenvalue weighted by Crippen LogP contribution is -2.57. The lowest BCUT2D eigenvalue weighted by atomic mass is 9.85. The van der Waals surface area contributed by atoms with Crippen LogP contribution in [0.3, 0.4) is 0 Å². The molecule has 5 heterocycles. The van der Waals surface area contributed by atoms with Crippen LogP contribution in [-0.2, 0) is 19.2 Å². The molecule has 0 radical (unpaired) electrons. The fourth-order valence-electron chi connectivity index (χ4n) is 10.3. The second-order valence-corrected chi connectivity index (χ2v) is 25.0. The van der Waals surface area contributed by atoms with Crippen molar-refractivity contribution in [2.75, 3.05) is 74.9 Å². The third-order valence-corrected chi connectivity index (χ3v) is 17.8. The van der Waals surface area contributed by atoms with Crippen LogP contribution >= 0.6 is 34.7 Å². The number of β-amino-alcohol motifs (C(OH)–C–C–N with tert-alkyl or cyclic N) is 1. The molecule has 7 rings (SSSR count). The molecule has 8 N–H and O–H groups in total. The number of carbonyl (C=O) groups is 4. The molecule has 2 aromatic heterocycles. The van der Waals surface area contributed by atoms with E-state index in [1.807, 2.05) is 76.5 Å². The molecule has 17 nitrogen and oxygen atoms in total. The summed E-state index contributed by atoms with van der Waals surface area (Å²) in [4.78, 5) is 77.9. The van der Waals surface area contributed by atoms with Gasteiger partial charge in [0.1, 0.15) is 22.9 Å². The van der Waals surface area contributed by atoms with E-state index >= 15 is 0 Å². The van der Waals surface area contributed by atoms with Crippen molar-refractivity contribution < 1.29 is 24.3 Å². The molecule has 3 aliphatic heterocycles. The predicted molar refractivity (Wildman–Crippen MR) is 310 cm³/mol. The standard InChI is InChI=1S/C57H83ClN12O5S2/c1-38(40-20-22-41(23-21-40)50-39(2)62-37-76-50)63-53(74)44-33-42(71)35-70(44)55(75)51(56(3,4)5)66-47(72)19-14-12-10-8-7-9-11-13-15-26-67-29-31-68(32-30-67)36-48(73)64-43-17-16-18-45(49(43)58)77-54-52(59)65-46(34-61-54)69-27-24-57(6,60)25-28-69/h16-18,20-23,34,37-38,42,44,51,71H,7-15,19,24-33,35-36,60H2,1-6H3,(H2,59,65)(H,63,74)(H,64,73)(H,66,72)/t38-,42+,44-,51+/m0/s1. The molecular formula is C57H83ClN12O5S2. The number of likely N-dealkylation sites (tertiary alicyclic amines) is 1. The molecule has 0 saturated carbocycles. The van der Waals surface area contributed by atoms with Gasteiger partial charge in [-0.3, -0.25) is 24.1 Å². The first-order valence-electron chi connectivity index (χ1n) is 27.7. The van der Waals surface area contributed by atoms with E-state index in [1.54, 1.807) is 23.6 Å². The molecule has 0 bridgehead atoms. The number of rotatable bonds is 24. The minimum absolute atomic E-state index is 0.0357. The van der Waals surface area contributed by atoms with Crippen molar-refractivity contribution in [1.82, 2.24) is 40.3 Å². The SMILES string of the molecule is Cc1ncsc1-c1ccc([C@H](C)NC(=O)[C@@H]2C[C@@H](O)CN2C(=O)[C@@H](NC(=O)CCCCCCCCCCCN2CCN(CC(=O)Nc3cccc(Sc4ncc(N5CCC(C)(N)CC5)nc4N)c3Cl)CC2)C(C)(C)C)cc1. The molecule has 0 unspecified atom stereocenters. The summed E-state index contributed by atoms with van der Waals surface area (Å²) in [5.41, 5.74) is 17.2. The van der Waals surface area contributed by atoms with Crippen LogP contribution in [0.5, 0.6) is 0 Å². The number of hydrogen-bond donors (Lipinski definition) is 6. The van der Waals surface area contributed by atoms with Crippen molar-refractivity contribution in [3.63, 3.8) is 0 Å². The van der Waals surface area contributed by atoms with Gasteiger partial charge in [0, 0.05) is 69.1 Å². The third-order valence-electron chi connectivity index (χ3n) is 15.2. The second kappa shape index (κ2) is 27.8. The van der Waals surface area contributed by atoms with Gasteiger partial charge in [-0.1, -0.05) is 119 Å². The van der Waals surface area contributed by atoms with Crippen molar-refractivity contribution in [3.05, 3.63) is 70.5 Å². The third kappa shape index (κ3) is 17.3. The Morgan fingerprint density at radius 3 is 2.17 bits per heavy atom. The smallest absolute Gasteiger partial charge is 0.246 e. The second-order valence-electron chi connectivity index (χ2n) is 22.8. The number of nitrogens with zero attached hydrogens (tertiary/aromatic N) is 7. The number of halogens is 1. The van der Waals surface area contributed by atoms with E-state index in [4.69, 9.17) is 23.1 Å². The highest BCUT2D eigenvalue weighted by atomic mass is 35.5. The molecule has 4 aromatic rings. The molecule has 0 aliphatic carbocycles. The Balaban J connectivity index is 0.721. The first-order chi connectivity index (χ1) is 36.7. The van der Waals surface area contributed by atoms with Crippen LogP contribution in [-0.4, -0.2) is 141 Å². The lowest BCUT2D eigenvalue weighted by Gasteiger charge is -2.37. The van der Waals surface area contributed by atoms with Gasteiger partial charge in [-0.15, -0.1) is 11.3 Å². The summed E-state index contributed by atoms with van der Waals surface area (Å²) >= 11 is 9.72. The van der Waals surface area contributed by atoms with Gasteiger partial charge in [-0.05, 0) is 81.7 Å². The van der Waals surface area contributed by atoms with Gasteiger partial charge in [0.25, 0.3) is 0 Å². The van der Waals surface area contributed by atoms with Crippen LogP contribution < -0.4 is 32.3 Å². The number of nitrogen functional groups attached to an aromatic ring is 1. The normalized spacial score (nSPS) is 19.0. The average Bonchev–Trinajstić information content (AvgIpc) is 4.01. The number of thiazole rings is 1. The zero-order valence-corrected chi connectivity index (χ0v) is 48.5. The molecule has 420 valence electrons. The number of aliphatic hydroxyl groups excluding tert-OH is 1. The largest absolute Gasteiger partial charge is 0.391 e. The first kappa shape index (κ1) is 59.8. The van der Waals surface area contributed by atoms with E-state index in [1.165, 1.54) is 42.3 Å². The number of aryl methyl sites for hydroxylation is 1. The Hall–Kier alpha value is -4.89. The number of nitrogens with one attached hydrogen (secondary N) is 3. The van der Waals surface area contributed by atoms with Crippen LogP contribution in [0, 0.1) is 12.3 Å². The maximum atomic E-state index is 14.1. The maximum Gasteiger partial charge on any atom is 0.246 e. The summed E-state index contributed by atoms with van der Waals surface area (Å²) in [7, 11) is 0. The minimum Gasteiger partial charge on any atom is -0.391 e. The predicted octanol–water partition coefficient (Wildman–Crippen LogP) is 8.44. The number of aromatic nitrogens is 3. The summed E-state index contributed by atoms with van der Waals surface area (Å²) in [5.74, 6) is 0.115. The zero-order chi connectivity index (χ0) is 55.3. The van der Waals surface area contributed by atoms with Crippen LogP contribution in [0.25, 0.3) is 10.4 Å². The van der Waals surface area contributed by atoms with Gasteiger partial charge in [0.15, 0.2) is 5.82 Å². The van der Waals surface area contributed by atoms with Crippen molar-refractivity contribution >= 4 is 75.7 Å². The monoisotopic (exact) mass is 1110 g/mol. The van der Waals surface area contributed by atoms with Gasteiger partial charge in [-0.25, -0.2) is 15.0 Å². The van der Waals surface area contributed by atoms with Gasteiger partial charge in [0.2, 0.25) is 23.6 Å².